The molecule has 332 valence electrons. The van der Waals surface area contributed by atoms with E-state index in [1.54, 1.807) is 13.8 Å². The van der Waals surface area contributed by atoms with Crippen LogP contribution in [0.2, 0.25) is 0 Å². The van der Waals surface area contributed by atoms with Crippen LogP contribution in [0.3, 0.4) is 0 Å². The quantitative estimate of drug-likeness (QED) is 0.121. The molecule has 0 unspecified atom stereocenters. The molecule has 2 heteroatoms. The minimum absolute atomic E-state index is 0.0995. The second kappa shape index (κ2) is 23.0. The number of hydrogen-bond acceptors (Lipinski definition) is 2. The molecule has 2 nitrogen and oxygen atoms in total. The number of rotatable bonds is 11. The topological polar surface area (TPSA) is 34.1 Å². The zero-order chi connectivity index (χ0) is 47.1. The van der Waals surface area contributed by atoms with E-state index in [0.29, 0.717) is 0 Å². The molecule has 0 spiro atoms. The lowest BCUT2D eigenvalue weighted by atomic mass is 9.98. The summed E-state index contributed by atoms with van der Waals surface area (Å²) in [6.45, 7) is 11.8. The maximum absolute atomic E-state index is 11.3. The van der Waals surface area contributed by atoms with Gasteiger partial charge in [-0.3, -0.25) is 9.59 Å². The maximum atomic E-state index is 11.3. The van der Waals surface area contributed by atoms with Crippen LogP contribution in [0, 0.1) is 6.92 Å². The molecule has 9 aromatic carbocycles. The van der Waals surface area contributed by atoms with Crippen LogP contribution in [0.5, 0.6) is 0 Å². The first kappa shape index (κ1) is 47.3. The fourth-order valence-electron chi connectivity index (χ4n) is 7.90. The highest BCUT2D eigenvalue weighted by atomic mass is 16.1. The highest BCUT2D eigenvalue weighted by Gasteiger charge is 2.06. The van der Waals surface area contributed by atoms with E-state index >= 15 is 0 Å². The molecule has 0 N–H and O–H groups in total. The molecule has 0 aliphatic carbocycles. The van der Waals surface area contributed by atoms with Gasteiger partial charge in [0, 0.05) is 11.1 Å². The van der Waals surface area contributed by atoms with E-state index in [4.69, 9.17) is 0 Å². The van der Waals surface area contributed by atoms with Crippen molar-refractivity contribution in [2.75, 3.05) is 0 Å². The van der Waals surface area contributed by atoms with Gasteiger partial charge >= 0.3 is 0 Å². The lowest BCUT2D eigenvalue weighted by Gasteiger charge is -2.06. The summed E-state index contributed by atoms with van der Waals surface area (Å²) in [5.41, 5.74) is 21.5. The smallest absolute Gasteiger partial charge is 0.159 e. The SMILES string of the molecule is CCc1ccc(-c2ccc(-c3ccc(C(C)=O)cc3)cc2)cc1.CCc1ccc(-c2ccc(-c3ccc(C(C)=O)cc3)cc2)cc1.CCc1ccc(-c2ccc(-c3ccc(C)cc3)cc2)cc1. The van der Waals surface area contributed by atoms with Gasteiger partial charge in [-0.1, -0.05) is 245 Å². The second-order valence-corrected chi connectivity index (χ2v) is 17.0. The molecule has 0 bridgehead atoms. The van der Waals surface area contributed by atoms with E-state index in [1.807, 2.05) is 48.5 Å². The third-order valence-electron chi connectivity index (χ3n) is 12.4. The summed E-state index contributed by atoms with van der Waals surface area (Å²) in [5, 5.41) is 0. The van der Waals surface area contributed by atoms with Gasteiger partial charge < -0.3 is 0 Å². The molecule has 0 saturated heterocycles. The second-order valence-electron chi connectivity index (χ2n) is 17.0. The molecule has 9 rings (SSSR count). The molecular weight excluding hydrogens is 813 g/mol. The van der Waals surface area contributed by atoms with Crippen molar-refractivity contribution in [2.24, 2.45) is 0 Å². The Bertz CT molecular complexity index is 2810. The first-order valence-corrected chi connectivity index (χ1v) is 23.5. The van der Waals surface area contributed by atoms with Crippen LogP contribution >= 0.6 is 0 Å². The lowest BCUT2D eigenvalue weighted by molar-refractivity contribution is 0.100. The number of aryl methyl sites for hydroxylation is 4. The van der Waals surface area contributed by atoms with Crippen molar-refractivity contribution < 1.29 is 9.59 Å². The van der Waals surface area contributed by atoms with Crippen LogP contribution in [-0.4, -0.2) is 11.6 Å². The molecule has 0 aromatic heterocycles. The number of Topliss-reactive ketones (excluding diaryl/α,β-unsaturated/α-hetero) is 2. The average molecular weight is 873 g/mol. The molecule has 0 aliphatic heterocycles. The molecule has 0 saturated carbocycles. The highest BCUT2D eigenvalue weighted by molar-refractivity contribution is 5.95. The van der Waals surface area contributed by atoms with E-state index in [1.165, 1.54) is 66.8 Å². The summed E-state index contributed by atoms with van der Waals surface area (Å²) in [5.74, 6) is 0.199. The first-order valence-electron chi connectivity index (χ1n) is 23.5. The summed E-state index contributed by atoms with van der Waals surface area (Å²) < 4.78 is 0. The molecule has 0 heterocycles. The number of ketones is 2. The van der Waals surface area contributed by atoms with E-state index in [2.05, 4.69) is 198 Å². The largest absolute Gasteiger partial charge is 0.295 e. The number of carbonyl (C=O) groups excluding carboxylic acids is 2. The van der Waals surface area contributed by atoms with Crippen LogP contribution < -0.4 is 0 Å². The molecule has 0 aliphatic rings. The number of benzene rings is 9. The summed E-state index contributed by atoms with van der Waals surface area (Å²) >= 11 is 0. The molecule has 9 aromatic rings. The summed E-state index contributed by atoms with van der Waals surface area (Å²) in [7, 11) is 0. The normalized spacial score (nSPS) is 10.5. The van der Waals surface area contributed by atoms with Crippen LogP contribution in [-0.2, 0) is 19.3 Å². The minimum Gasteiger partial charge on any atom is -0.295 e. The van der Waals surface area contributed by atoms with Gasteiger partial charge in [-0.15, -0.1) is 0 Å². The van der Waals surface area contributed by atoms with Gasteiger partial charge in [-0.2, -0.15) is 0 Å². The van der Waals surface area contributed by atoms with Crippen molar-refractivity contribution >= 4 is 11.6 Å². The van der Waals surface area contributed by atoms with Gasteiger partial charge in [0.1, 0.15) is 0 Å². The van der Waals surface area contributed by atoms with Crippen molar-refractivity contribution in [1.29, 1.82) is 0 Å². The highest BCUT2D eigenvalue weighted by Crippen LogP contribution is 2.29. The van der Waals surface area contributed by atoms with E-state index < -0.39 is 0 Å². The Morgan fingerprint density at radius 3 is 0.567 bits per heavy atom. The maximum Gasteiger partial charge on any atom is 0.159 e. The Morgan fingerprint density at radius 1 is 0.254 bits per heavy atom. The van der Waals surface area contributed by atoms with E-state index in [9.17, 15) is 9.59 Å². The Labute approximate surface area is 398 Å². The standard InChI is InChI=1S/2C22H20O.C21H20/c2*1-3-17-4-6-19(7-5-17)21-12-14-22(15-13-21)20-10-8-18(9-11-20)16(2)23;1-3-17-6-10-19(11-7-17)21-14-12-20(13-15-21)18-8-4-16(2)5-9-18/h2*4-15H,3H2,1-2H3;4-15H,3H2,1-2H3. The average Bonchev–Trinajstić information content (AvgIpc) is 3.39. The number of carbonyl (C=O) groups is 2. The van der Waals surface area contributed by atoms with Gasteiger partial charge in [-0.25, -0.2) is 0 Å². The Balaban J connectivity index is 0.000000149. The van der Waals surface area contributed by atoms with Crippen molar-refractivity contribution in [1.82, 2.24) is 0 Å². The van der Waals surface area contributed by atoms with Crippen molar-refractivity contribution in [3.63, 3.8) is 0 Å². The molecule has 67 heavy (non-hydrogen) atoms. The zero-order valence-electron chi connectivity index (χ0n) is 39.7. The molecular formula is C65H60O2. The van der Waals surface area contributed by atoms with Crippen LogP contribution in [0.4, 0.5) is 0 Å². The molecule has 0 atom stereocenters. The Kier molecular flexibility index (Phi) is 16.2. The molecule has 0 amide bonds. The van der Waals surface area contributed by atoms with Gasteiger partial charge in [-0.05, 0) is 123 Å². The third-order valence-corrected chi connectivity index (χ3v) is 12.4. The van der Waals surface area contributed by atoms with Gasteiger partial charge in [0.15, 0.2) is 11.6 Å². The predicted octanol–water partition coefficient (Wildman–Crippen LogP) is 17.5. The van der Waals surface area contributed by atoms with Gasteiger partial charge in [0.2, 0.25) is 0 Å². The van der Waals surface area contributed by atoms with Crippen LogP contribution in [0.25, 0.3) is 66.8 Å². The fraction of sp³-hybridized carbons (Fsp3) is 0.138. The Hall–Kier alpha value is -7.68. The number of hydrogen-bond donors (Lipinski definition) is 0. The van der Waals surface area contributed by atoms with Crippen LogP contribution in [0.15, 0.2) is 218 Å². The summed E-state index contributed by atoms with van der Waals surface area (Å²) in [4.78, 5) is 22.7. The molecule has 0 fully saturated rings. The zero-order valence-corrected chi connectivity index (χ0v) is 39.7. The predicted molar refractivity (Wildman–Crippen MR) is 285 cm³/mol. The van der Waals surface area contributed by atoms with Crippen molar-refractivity contribution in [2.45, 2.75) is 60.8 Å². The van der Waals surface area contributed by atoms with Crippen molar-refractivity contribution in [3.8, 4) is 66.8 Å². The van der Waals surface area contributed by atoms with E-state index in [0.717, 1.165) is 52.6 Å². The molecule has 0 radical (unpaired) electrons. The fourth-order valence-corrected chi connectivity index (χ4v) is 7.90. The van der Waals surface area contributed by atoms with Crippen LogP contribution in [0.1, 0.15) is 77.6 Å². The first-order chi connectivity index (χ1) is 32.6. The van der Waals surface area contributed by atoms with Gasteiger partial charge in [0.05, 0.1) is 0 Å². The van der Waals surface area contributed by atoms with E-state index in [-0.39, 0.29) is 11.6 Å². The van der Waals surface area contributed by atoms with Gasteiger partial charge in [0.25, 0.3) is 0 Å². The Morgan fingerprint density at radius 2 is 0.403 bits per heavy atom. The minimum atomic E-state index is 0.0995. The summed E-state index contributed by atoms with van der Waals surface area (Å²) in [6.07, 6.45) is 3.22. The monoisotopic (exact) mass is 872 g/mol. The third kappa shape index (κ3) is 12.8. The van der Waals surface area contributed by atoms with Crippen molar-refractivity contribution in [3.05, 3.63) is 252 Å². The summed E-state index contributed by atoms with van der Waals surface area (Å²) in [6, 6.07) is 76.4. The lowest BCUT2D eigenvalue weighted by Crippen LogP contribution is -1.90.